The van der Waals surface area contributed by atoms with Gasteiger partial charge in [-0.05, 0) is 19.9 Å². The fourth-order valence-electron chi connectivity index (χ4n) is 0.993. The van der Waals surface area contributed by atoms with Gasteiger partial charge < -0.3 is 10.1 Å². The first kappa shape index (κ1) is 12.9. The summed E-state index contributed by atoms with van der Waals surface area (Å²) in [6.45, 7) is 4.73. The summed E-state index contributed by atoms with van der Waals surface area (Å²) in [6, 6.07) is 0. The van der Waals surface area contributed by atoms with Gasteiger partial charge in [0.25, 0.3) is 0 Å². The summed E-state index contributed by atoms with van der Waals surface area (Å²) >= 11 is 3.44. The number of nitrogens with zero attached hydrogens (tertiary/aromatic N) is 2. The van der Waals surface area contributed by atoms with Gasteiger partial charge in [-0.25, -0.2) is 0 Å². The normalized spacial score (nSPS) is 10.8. The van der Waals surface area contributed by atoms with E-state index in [0.29, 0.717) is 0 Å². The lowest BCUT2D eigenvalue weighted by Gasteiger charge is -2.02. The number of aromatic nitrogens is 2. The molecule has 4 nitrogen and oxygen atoms in total. The van der Waals surface area contributed by atoms with E-state index in [2.05, 4.69) is 15.5 Å². The predicted octanol–water partition coefficient (Wildman–Crippen LogP) is 1.56. The first-order chi connectivity index (χ1) is 7.33. The third-order valence-electron chi connectivity index (χ3n) is 1.71. The molecule has 1 heterocycles. The summed E-state index contributed by atoms with van der Waals surface area (Å²) in [5.74, 6) is 1.09. The van der Waals surface area contributed by atoms with Crippen LogP contribution in [0.15, 0.2) is 4.34 Å². The number of nitrogens with one attached hydrogen (secondary N) is 1. The van der Waals surface area contributed by atoms with Gasteiger partial charge in [0.05, 0.1) is 6.61 Å². The molecule has 0 unspecified atom stereocenters. The van der Waals surface area contributed by atoms with Crippen molar-refractivity contribution in [2.45, 2.75) is 17.7 Å². The minimum atomic E-state index is 0.780. The molecule has 0 fully saturated rings. The molecule has 0 saturated carbocycles. The summed E-state index contributed by atoms with van der Waals surface area (Å²) in [5.41, 5.74) is 0. The molecule has 0 atom stereocenters. The Morgan fingerprint density at radius 1 is 1.40 bits per heavy atom. The van der Waals surface area contributed by atoms with E-state index >= 15 is 0 Å². The Kier molecular flexibility index (Phi) is 6.91. The number of hydrogen-bond acceptors (Lipinski definition) is 6. The van der Waals surface area contributed by atoms with Crippen molar-refractivity contribution in [3.05, 3.63) is 5.01 Å². The molecule has 0 spiro atoms. The van der Waals surface area contributed by atoms with Crippen LogP contribution in [0.3, 0.4) is 0 Å². The second kappa shape index (κ2) is 8.04. The van der Waals surface area contributed by atoms with Crippen LogP contribution in [0.5, 0.6) is 0 Å². The molecule has 86 valence electrons. The van der Waals surface area contributed by atoms with Crippen LogP contribution in [0.25, 0.3) is 0 Å². The number of rotatable bonds is 8. The molecule has 1 rings (SSSR count). The Balaban J connectivity index is 1.93. The maximum atomic E-state index is 4.94. The van der Waals surface area contributed by atoms with Crippen molar-refractivity contribution in [2.24, 2.45) is 0 Å². The lowest BCUT2D eigenvalue weighted by Crippen LogP contribution is -2.20. The number of aryl methyl sites for hydroxylation is 1. The molecule has 1 aromatic heterocycles. The molecule has 0 aliphatic heterocycles. The molecular weight excluding hydrogens is 230 g/mol. The van der Waals surface area contributed by atoms with Gasteiger partial charge in [0.1, 0.15) is 5.01 Å². The van der Waals surface area contributed by atoms with E-state index in [0.717, 1.165) is 41.2 Å². The Bertz CT molecular complexity index is 268. The van der Waals surface area contributed by atoms with Crippen LogP contribution in [0.2, 0.25) is 0 Å². The van der Waals surface area contributed by atoms with Gasteiger partial charge in [-0.3, -0.25) is 0 Å². The van der Waals surface area contributed by atoms with Crippen LogP contribution >= 0.6 is 23.1 Å². The minimum absolute atomic E-state index is 0.780. The molecule has 0 radical (unpaired) electrons. The highest BCUT2D eigenvalue weighted by Gasteiger charge is 1.99. The molecule has 0 aromatic carbocycles. The van der Waals surface area contributed by atoms with Crippen LogP contribution in [-0.2, 0) is 4.74 Å². The van der Waals surface area contributed by atoms with Gasteiger partial charge in [0.15, 0.2) is 4.34 Å². The van der Waals surface area contributed by atoms with Crippen molar-refractivity contribution in [1.29, 1.82) is 0 Å². The van der Waals surface area contributed by atoms with Gasteiger partial charge in [-0.2, -0.15) is 0 Å². The fraction of sp³-hybridized carbons (Fsp3) is 0.778. The van der Waals surface area contributed by atoms with Gasteiger partial charge in [0.2, 0.25) is 0 Å². The van der Waals surface area contributed by atoms with E-state index in [9.17, 15) is 0 Å². The largest absolute Gasteiger partial charge is 0.383 e. The SMILES string of the molecule is COCCNCCCSc1nnc(C)s1. The number of methoxy groups -OCH3 is 1. The molecule has 0 saturated heterocycles. The molecule has 1 aromatic rings. The first-order valence-electron chi connectivity index (χ1n) is 4.95. The average molecular weight is 247 g/mol. The third-order valence-corrected chi connectivity index (χ3v) is 3.77. The highest BCUT2D eigenvalue weighted by molar-refractivity contribution is 8.01. The molecule has 0 bridgehead atoms. The van der Waals surface area contributed by atoms with Gasteiger partial charge in [-0.1, -0.05) is 23.1 Å². The monoisotopic (exact) mass is 247 g/mol. The van der Waals surface area contributed by atoms with Crippen molar-refractivity contribution in [3.8, 4) is 0 Å². The highest BCUT2D eigenvalue weighted by Crippen LogP contribution is 2.21. The smallest absolute Gasteiger partial charge is 0.174 e. The number of hydrogen-bond donors (Lipinski definition) is 1. The van der Waals surface area contributed by atoms with E-state index in [4.69, 9.17) is 4.74 Å². The van der Waals surface area contributed by atoms with Crippen molar-refractivity contribution >= 4 is 23.1 Å². The van der Waals surface area contributed by atoms with Crippen LogP contribution in [0.4, 0.5) is 0 Å². The lowest BCUT2D eigenvalue weighted by atomic mass is 10.5. The minimum Gasteiger partial charge on any atom is -0.383 e. The molecular formula is C9H17N3OS2. The molecule has 15 heavy (non-hydrogen) atoms. The second-order valence-corrected chi connectivity index (χ2v) is 5.56. The van der Waals surface area contributed by atoms with Crippen LogP contribution in [0.1, 0.15) is 11.4 Å². The number of thioether (sulfide) groups is 1. The Labute approximate surface area is 98.8 Å². The van der Waals surface area contributed by atoms with Crippen molar-refractivity contribution in [2.75, 3.05) is 32.6 Å². The summed E-state index contributed by atoms with van der Waals surface area (Å²) < 4.78 is 6.01. The summed E-state index contributed by atoms with van der Waals surface area (Å²) in [4.78, 5) is 0. The van der Waals surface area contributed by atoms with E-state index in [1.807, 2.05) is 6.92 Å². The first-order valence-corrected chi connectivity index (χ1v) is 6.75. The van der Waals surface area contributed by atoms with Gasteiger partial charge in [-0.15, -0.1) is 10.2 Å². The Morgan fingerprint density at radius 3 is 2.93 bits per heavy atom. The maximum Gasteiger partial charge on any atom is 0.174 e. The summed E-state index contributed by atoms with van der Waals surface area (Å²) in [6.07, 6.45) is 1.15. The van der Waals surface area contributed by atoms with E-state index in [1.165, 1.54) is 0 Å². The summed E-state index contributed by atoms with van der Waals surface area (Å²) in [7, 11) is 1.72. The van der Waals surface area contributed by atoms with Crippen molar-refractivity contribution in [3.63, 3.8) is 0 Å². The van der Waals surface area contributed by atoms with E-state index < -0.39 is 0 Å². The standard InChI is InChI=1S/C9H17N3OS2/c1-8-11-12-9(15-8)14-7-3-4-10-5-6-13-2/h10H,3-7H2,1-2H3. The lowest BCUT2D eigenvalue weighted by molar-refractivity contribution is 0.199. The Hall–Kier alpha value is -0.170. The van der Waals surface area contributed by atoms with E-state index in [-0.39, 0.29) is 0 Å². The summed E-state index contributed by atoms with van der Waals surface area (Å²) in [5, 5.41) is 12.4. The quantitative estimate of drug-likeness (QED) is 0.558. The van der Waals surface area contributed by atoms with Crippen molar-refractivity contribution < 1.29 is 4.74 Å². The average Bonchev–Trinajstić information content (AvgIpc) is 2.63. The van der Waals surface area contributed by atoms with Crippen molar-refractivity contribution in [1.82, 2.24) is 15.5 Å². The van der Waals surface area contributed by atoms with E-state index in [1.54, 1.807) is 30.2 Å². The fourth-order valence-corrected chi connectivity index (χ4v) is 2.82. The van der Waals surface area contributed by atoms with Gasteiger partial charge in [0, 0.05) is 19.4 Å². The second-order valence-electron chi connectivity index (χ2n) is 3.03. The molecule has 1 N–H and O–H groups in total. The van der Waals surface area contributed by atoms with Gasteiger partial charge >= 0.3 is 0 Å². The van der Waals surface area contributed by atoms with Crippen LogP contribution < -0.4 is 5.32 Å². The number of ether oxygens (including phenoxy) is 1. The zero-order valence-corrected chi connectivity index (χ0v) is 10.8. The third kappa shape index (κ3) is 6.09. The zero-order valence-electron chi connectivity index (χ0n) is 9.15. The molecule has 6 heteroatoms. The maximum absolute atomic E-state index is 4.94. The molecule has 0 aliphatic rings. The molecule has 0 aliphatic carbocycles. The molecule has 0 amide bonds. The highest BCUT2D eigenvalue weighted by atomic mass is 32.2. The zero-order chi connectivity index (χ0) is 10.9. The Morgan fingerprint density at radius 2 is 2.27 bits per heavy atom. The topological polar surface area (TPSA) is 47.0 Å². The predicted molar refractivity (Wildman–Crippen MR) is 64.7 cm³/mol. The van der Waals surface area contributed by atoms with Crippen LogP contribution in [-0.4, -0.2) is 42.8 Å². The van der Waals surface area contributed by atoms with Crippen LogP contribution in [0, 0.1) is 6.92 Å².